The summed E-state index contributed by atoms with van der Waals surface area (Å²) in [6.07, 6.45) is 0. The molecule has 0 radical (unpaired) electrons. The maximum atomic E-state index is 13.6. The molecule has 0 unspecified atom stereocenters. The van der Waals surface area contributed by atoms with Crippen molar-refractivity contribution in [1.29, 1.82) is 0 Å². The van der Waals surface area contributed by atoms with Gasteiger partial charge in [0.2, 0.25) is 0 Å². The number of rotatable bonds is 5. The first-order chi connectivity index (χ1) is 11.6. The molecule has 0 spiro atoms. The summed E-state index contributed by atoms with van der Waals surface area (Å²) in [5, 5.41) is 5.56. The Balaban J connectivity index is 1.64. The lowest BCUT2D eigenvalue weighted by molar-refractivity contribution is 0.0947. The molecule has 0 aliphatic rings. The molecule has 0 atom stereocenters. The summed E-state index contributed by atoms with van der Waals surface area (Å²) in [6.45, 7) is 2.13. The third-order valence-electron chi connectivity index (χ3n) is 3.37. The van der Waals surface area contributed by atoms with Gasteiger partial charge in [0.25, 0.3) is 5.91 Å². The molecule has 1 aromatic carbocycles. The first-order valence-corrected chi connectivity index (χ1v) is 8.07. The van der Waals surface area contributed by atoms with Crippen molar-refractivity contribution in [3.63, 3.8) is 0 Å². The summed E-state index contributed by atoms with van der Waals surface area (Å²) in [5.74, 6) is 0.376. The number of nitrogens with one attached hydrogen (secondary N) is 1. The van der Waals surface area contributed by atoms with E-state index in [1.807, 2.05) is 18.4 Å². The number of aryl methyl sites for hydroxylation is 1. The largest absolute Gasteiger partial charge is 0.494 e. The van der Waals surface area contributed by atoms with Crippen LogP contribution in [0.5, 0.6) is 5.75 Å². The van der Waals surface area contributed by atoms with Gasteiger partial charge in [-0.1, -0.05) is 0 Å². The smallest absolute Gasteiger partial charge is 0.251 e. The number of nitrogens with zero attached hydrogens (tertiary/aromatic N) is 1. The minimum atomic E-state index is -0.579. The standard InChI is InChI=1S/C17H15FN2O3S/c1-10-20-14(9-24-10)16-6-4-12(23-16)8-19-17(21)11-3-5-15(22-2)13(18)7-11/h3-7,9H,8H2,1-2H3,(H,19,21). The predicted molar refractivity (Wildman–Crippen MR) is 88.7 cm³/mol. The maximum absolute atomic E-state index is 13.6. The van der Waals surface area contributed by atoms with E-state index >= 15 is 0 Å². The monoisotopic (exact) mass is 346 g/mol. The number of methoxy groups -OCH3 is 1. The maximum Gasteiger partial charge on any atom is 0.251 e. The van der Waals surface area contributed by atoms with Crippen LogP contribution in [0.1, 0.15) is 21.1 Å². The zero-order chi connectivity index (χ0) is 17.1. The second-order valence-electron chi connectivity index (χ2n) is 5.05. The number of amides is 1. The van der Waals surface area contributed by atoms with Crippen LogP contribution in [0.25, 0.3) is 11.5 Å². The van der Waals surface area contributed by atoms with E-state index in [0.29, 0.717) is 11.5 Å². The highest BCUT2D eigenvalue weighted by molar-refractivity contribution is 7.09. The molecule has 3 aromatic rings. The van der Waals surface area contributed by atoms with Crippen molar-refractivity contribution in [2.24, 2.45) is 0 Å². The number of ether oxygens (including phenoxy) is 1. The molecule has 0 aliphatic heterocycles. The number of furan rings is 1. The second kappa shape index (κ2) is 6.84. The number of hydrogen-bond donors (Lipinski definition) is 1. The average Bonchev–Trinajstić information content (AvgIpc) is 3.21. The van der Waals surface area contributed by atoms with Crippen LogP contribution >= 0.6 is 11.3 Å². The Morgan fingerprint density at radius 3 is 2.88 bits per heavy atom. The lowest BCUT2D eigenvalue weighted by Crippen LogP contribution is -2.22. The van der Waals surface area contributed by atoms with E-state index in [1.54, 1.807) is 17.4 Å². The Bertz CT molecular complexity index is 872. The zero-order valence-corrected chi connectivity index (χ0v) is 13.9. The van der Waals surface area contributed by atoms with Crippen LogP contribution in [0.15, 0.2) is 40.1 Å². The van der Waals surface area contributed by atoms with Gasteiger partial charge < -0.3 is 14.5 Å². The number of benzene rings is 1. The van der Waals surface area contributed by atoms with Crippen LogP contribution in [0, 0.1) is 12.7 Å². The van der Waals surface area contributed by atoms with E-state index in [9.17, 15) is 9.18 Å². The molecule has 124 valence electrons. The van der Waals surface area contributed by atoms with Crippen molar-refractivity contribution in [1.82, 2.24) is 10.3 Å². The van der Waals surface area contributed by atoms with Crippen molar-refractivity contribution in [3.8, 4) is 17.2 Å². The van der Waals surface area contributed by atoms with Gasteiger partial charge >= 0.3 is 0 Å². The molecule has 1 amide bonds. The van der Waals surface area contributed by atoms with Crippen molar-refractivity contribution >= 4 is 17.2 Å². The third kappa shape index (κ3) is 3.46. The number of hydrogen-bond acceptors (Lipinski definition) is 5. The molecule has 0 fully saturated rings. The normalized spacial score (nSPS) is 10.6. The molecule has 5 nitrogen and oxygen atoms in total. The average molecular weight is 346 g/mol. The van der Waals surface area contributed by atoms with E-state index in [2.05, 4.69) is 10.3 Å². The molecule has 1 N–H and O–H groups in total. The van der Waals surface area contributed by atoms with Gasteiger partial charge in [-0.05, 0) is 37.3 Å². The Morgan fingerprint density at radius 1 is 1.38 bits per heavy atom. The lowest BCUT2D eigenvalue weighted by atomic mass is 10.2. The minimum Gasteiger partial charge on any atom is -0.494 e. The molecular weight excluding hydrogens is 331 g/mol. The molecule has 2 aromatic heterocycles. The SMILES string of the molecule is COc1ccc(C(=O)NCc2ccc(-c3csc(C)n3)o2)cc1F. The highest BCUT2D eigenvalue weighted by atomic mass is 32.1. The summed E-state index contributed by atoms with van der Waals surface area (Å²) in [4.78, 5) is 16.4. The predicted octanol–water partition coefficient (Wildman–Crippen LogP) is 3.79. The summed E-state index contributed by atoms with van der Waals surface area (Å²) < 4.78 is 24.1. The Hall–Kier alpha value is -2.67. The van der Waals surface area contributed by atoms with E-state index in [0.717, 1.165) is 16.8 Å². The number of halogens is 1. The van der Waals surface area contributed by atoms with Crippen molar-refractivity contribution < 1.29 is 18.3 Å². The van der Waals surface area contributed by atoms with Gasteiger partial charge in [0.1, 0.15) is 11.5 Å². The van der Waals surface area contributed by atoms with Gasteiger partial charge in [0.15, 0.2) is 17.3 Å². The van der Waals surface area contributed by atoms with E-state index < -0.39 is 5.82 Å². The van der Waals surface area contributed by atoms with Gasteiger partial charge in [0, 0.05) is 10.9 Å². The Morgan fingerprint density at radius 2 is 2.21 bits per heavy atom. The molecule has 24 heavy (non-hydrogen) atoms. The van der Waals surface area contributed by atoms with E-state index in [1.165, 1.54) is 19.2 Å². The van der Waals surface area contributed by atoms with Gasteiger partial charge in [0.05, 0.1) is 18.7 Å². The Kier molecular flexibility index (Phi) is 4.61. The fraction of sp³-hybridized carbons (Fsp3) is 0.176. The number of carbonyl (C=O) groups excluding carboxylic acids is 1. The first kappa shape index (κ1) is 16.2. The van der Waals surface area contributed by atoms with Crippen LogP contribution in [-0.4, -0.2) is 18.0 Å². The minimum absolute atomic E-state index is 0.0979. The van der Waals surface area contributed by atoms with Gasteiger partial charge in [-0.15, -0.1) is 11.3 Å². The highest BCUT2D eigenvalue weighted by Crippen LogP contribution is 2.24. The summed E-state index contributed by atoms with van der Waals surface area (Å²) in [6, 6.07) is 7.64. The molecule has 2 heterocycles. The van der Waals surface area contributed by atoms with Crippen LogP contribution in [0.2, 0.25) is 0 Å². The number of thiazole rings is 1. The lowest BCUT2D eigenvalue weighted by Gasteiger charge is -2.06. The van der Waals surface area contributed by atoms with Crippen LogP contribution in [0.3, 0.4) is 0 Å². The zero-order valence-electron chi connectivity index (χ0n) is 13.1. The van der Waals surface area contributed by atoms with Crippen molar-refractivity contribution in [2.75, 3.05) is 7.11 Å². The number of carbonyl (C=O) groups is 1. The van der Waals surface area contributed by atoms with Gasteiger partial charge in [-0.3, -0.25) is 4.79 Å². The molecule has 7 heteroatoms. The summed E-state index contributed by atoms with van der Waals surface area (Å²) in [7, 11) is 1.37. The Labute approximate surface area is 142 Å². The van der Waals surface area contributed by atoms with Crippen LogP contribution in [0.4, 0.5) is 4.39 Å². The van der Waals surface area contributed by atoms with Gasteiger partial charge in [-0.25, -0.2) is 9.37 Å². The summed E-state index contributed by atoms with van der Waals surface area (Å²) in [5.41, 5.74) is 0.988. The molecule has 0 saturated carbocycles. The molecular formula is C17H15FN2O3S. The molecule has 0 aliphatic carbocycles. The van der Waals surface area contributed by atoms with Crippen LogP contribution < -0.4 is 10.1 Å². The summed E-state index contributed by atoms with van der Waals surface area (Å²) >= 11 is 1.54. The molecule has 0 saturated heterocycles. The fourth-order valence-electron chi connectivity index (χ4n) is 2.16. The third-order valence-corrected chi connectivity index (χ3v) is 4.14. The number of aromatic nitrogens is 1. The fourth-order valence-corrected chi connectivity index (χ4v) is 2.77. The van der Waals surface area contributed by atoms with Crippen molar-refractivity contribution in [2.45, 2.75) is 13.5 Å². The van der Waals surface area contributed by atoms with E-state index in [-0.39, 0.29) is 23.8 Å². The highest BCUT2D eigenvalue weighted by Gasteiger charge is 2.12. The quantitative estimate of drug-likeness (QED) is 0.763. The molecule has 3 rings (SSSR count). The molecule has 0 bridgehead atoms. The topological polar surface area (TPSA) is 64.4 Å². The van der Waals surface area contributed by atoms with E-state index in [4.69, 9.17) is 9.15 Å². The second-order valence-corrected chi connectivity index (χ2v) is 6.11. The van der Waals surface area contributed by atoms with Gasteiger partial charge in [-0.2, -0.15) is 0 Å². The van der Waals surface area contributed by atoms with Crippen LogP contribution in [-0.2, 0) is 6.54 Å². The van der Waals surface area contributed by atoms with Crippen molar-refractivity contribution in [3.05, 3.63) is 57.9 Å². The first-order valence-electron chi connectivity index (χ1n) is 7.20.